The smallest absolute Gasteiger partial charge is 0.246 e. The summed E-state index contributed by atoms with van der Waals surface area (Å²) in [6.45, 7) is -0.881. The zero-order chi connectivity index (χ0) is 14.5. The second-order valence-electron chi connectivity index (χ2n) is 3.65. The minimum atomic E-state index is -3.86. The van der Waals surface area contributed by atoms with E-state index < -0.39 is 10.0 Å². The molecule has 8 heteroatoms. The van der Waals surface area contributed by atoms with Gasteiger partial charge in [-0.2, -0.15) is 4.31 Å². The number of aliphatic hydroxyl groups excluding tert-OH is 2. The van der Waals surface area contributed by atoms with Crippen molar-refractivity contribution >= 4 is 21.6 Å². The van der Waals surface area contributed by atoms with Crippen LogP contribution in [0.4, 0.5) is 0 Å². The number of benzene rings is 1. The van der Waals surface area contributed by atoms with Crippen molar-refractivity contribution in [2.75, 3.05) is 33.4 Å². The fourth-order valence-corrected chi connectivity index (χ4v) is 3.29. The summed E-state index contributed by atoms with van der Waals surface area (Å²) in [4.78, 5) is -0.0544. The van der Waals surface area contributed by atoms with Gasteiger partial charge < -0.3 is 14.9 Å². The maximum absolute atomic E-state index is 12.4. The van der Waals surface area contributed by atoms with Gasteiger partial charge >= 0.3 is 0 Å². The number of nitrogens with zero attached hydrogens (tertiary/aromatic N) is 1. The predicted molar refractivity (Wildman–Crippen MR) is 70.9 cm³/mol. The van der Waals surface area contributed by atoms with Gasteiger partial charge in [-0.05, 0) is 12.1 Å². The zero-order valence-electron chi connectivity index (χ0n) is 10.4. The van der Waals surface area contributed by atoms with Crippen LogP contribution in [0.15, 0.2) is 23.1 Å². The van der Waals surface area contributed by atoms with Crippen molar-refractivity contribution in [3.63, 3.8) is 0 Å². The van der Waals surface area contributed by atoms with E-state index in [9.17, 15) is 8.42 Å². The Balaban J connectivity index is 3.24. The van der Waals surface area contributed by atoms with Crippen LogP contribution in [0.25, 0.3) is 0 Å². The van der Waals surface area contributed by atoms with E-state index in [4.69, 9.17) is 26.6 Å². The van der Waals surface area contributed by atoms with E-state index in [0.717, 1.165) is 4.31 Å². The van der Waals surface area contributed by atoms with Gasteiger partial charge in [0.15, 0.2) is 0 Å². The van der Waals surface area contributed by atoms with Gasteiger partial charge in [0, 0.05) is 24.2 Å². The fourth-order valence-electron chi connectivity index (χ4n) is 1.57. The summed E-state index contributed by atoms with van der Waals surface area (Å²) < 4.78 is 30.8. The van der Waals surface area contributed by atoms with Gasteiger partial charge in [-0.3, -0.25) is 0 Å². The van der Waals surface area contributed by atoms with Crippen molar-refractivity contribution in [2.24, 2.45) is 0 Å². The molecule has 19 heavy (non-hydrogen) atoms. The minimum Gasteiger partial charge on any atom is -0.495 e. The summed E-state index contributed by atoms with van der Waals surface area (Å²) in [5, 5.41) is 18.2. The molecular weight excluding hydrogens is 294 g/mol. The molecule has 0 unspecified atom stereocenters. The van der Waals surface area contributed by atoms with E-state index in [1.54, 1.807) is 0 Å². The molecule has 0 aliphatic rings. The Labute approximate surface area is 117 Å². The van der Waals surface area contributed by atoms with Gasteiger partial charge in [0.05, 0.1) is 20.3 Å². The molecule has 0 aliphatic carbocycles. The summed E-state index contributed by atoms with van der Waals surface area (Å²) in [6.07, 6.45) is 0. The van der Waals surface area contributed by atoms with Crippen molar-refractivity contribution in [1.82, 2.24) is 4.31 Å². The van der Waals surface area contributed by atoms with E-state index in [0.29, 0.717) is 5.02 Å². The highest BCUT2D eigenvalue weighted by Crippen LogP contribution is 2.29. The molecule has 1 aromatic carbocycles. The predicted octanol–water partition coefficient (Wildman–Crippen LogP) is 0.324. The second kappa shape index (κ2) is 7.06. The largest absolute Gasteiger partial charge is 0.495 e. The summed E-state index contributed by atoms with van der Waals surface area (Å²) in [5.41, 5.74) is 0. The van der Waals surface area contributed by atoms with Crippen molar-refractivity contribution in [2.45, 2.75) is 4.90 Å². The number of rotatable bonds is 7. The lowest BCUT2D eigenvalue weighted by molar-refractivity contribution is 0.217. The normalized spacial score (nSPS) is 11.8. The zero-order valence-corrected chi connectivity index (χ0v) is 12.0. The lowest BCUT2D eigenvalue weighted by Crippen LogP contribution is -2.36. The Hall–Kier alpha value is -0.860. The quantitative estimate of drug-likeness (QED) is 0.757. The summed E-state index contributed by atoms with van der Waals surface area (Å²) in [5.74, 6) is 0.119. The number of hydrogen-bond acceptors (Lipinski definition) is 5. The lowest BCUT2D eigenvalue weighted by atomic mass is 10.3. The first-order valence-corrected chi connectivity index (χ1v) is 7.34. The van der Waals surface area contributed by atoms with E-state index in [-0.39, 0.29) is 36.9 Å². The van der Waals surface area contributed by atoms with E-state index in [1.165, 1.54) is 25.3 Å². The third-order valence-electron chi connectivity index (χ3n) is 2.44. The maximum Gasteiger partial charge on any atom is 0.246 e. The van der Waals surface area contributed by atoms with Crippen molar-refractivity contribution in [1.29, 1.82) is 0 Å². The van der Waals surface area contributed by atoms with Crippen LogP contribution in [-0.2, 0) is 10.0 Å². The molecule has 108 valence electrons. The first-order chi connectivity index (χ1) is 8.97. The van der Waals surface area contributed by atoms with Gasteiger partial charge in [-0.1, -0.05) is 11.6 Å². The maximum atomic E-state index is 12.4. The number of ether oxygens (including phenoxy) is 1. The standard InChI is InChI=1S/C11H16ClNO5S/c1-18-10-8-9(12)2-3-11(10)19(16,17)13(4-6-14)5-7-15/h2-3,8,14-15H,4-7H2,1H3. The molecule has 1 rings (SSSR count). The topological polar surface area (TPSA) is 87.1 Å². The number of sulfonamides is 1. The first kappa shape index (κ1) is 16.2. The number of methoxy groups -OCH3 is 1. The second-order valence-corrected chi connectivity index (χ2v) is 5.99. The highest BCUT2D eigenvalue weighted by molar-refractivity contribution is 7.89. The molecule has 0 bridgehead atoms. The van der Waals surface area contributed by atoms with Crippen molar-refractivity contribution in [3.05, 3.63) is 23.2 Å². The molecule has 1 aromatic rings. The van der Waals surface area contributed by atoms with Crippen LogP contribution in [0.5, 0.6) is 5.75 Å². The van der Waals surface area contributed by atoms with Gasteiger partial charge in [0.1, 0.15) is 10.6 Å². The Morgan fingerprint density at radius 1 is 1.26 bits per heavy atom. The van der Waals surface area contributed by atoms with E-state index in [2.05, 4.69) is 0 Å². The van der Waals surface area contributed by atoms with Crippen molar-refractivity contribution < 1.29 is 23.4 Å². The minimum absolute atomic E-state index is 0.0544. The van der Waals surface area contributed by atoms with E-state index >= 15 is 0 Å². The summed E-state index contributed by atoms with van der Waals surface area (Å²) in [7, 11) is -2.51. The lowest BCUT2D eigenvalue weighted by Gasteiger charge is -2.21. The monoisotopic (exact) mass is 309 g/mol. The Morgan fingerprint density at radius 3 is 2.32 bits per heavy atom. The van der Waals surface area contributed by atoms with Crippen molar-refractivity contribution in [3.8, 4) is 5.75 Å². The molecule has 0 aromatic heterocycles. The van der Waals surface area contributed by atoms with Gasteiger partial charge in [-0.25, -0.2) is 8.42 Å². The molecule has 0 heterocycles. The number of hydrogen-bond donors (Lipinski definition) is 2. The third-order valence-corrected chi connectivity index (χ3v) is 4.62. The van der Waals surface area contributed by atoms with Crippen LogP contribution < -0.4 is 4.74 Å². The van der Waals surface area contributed by atoms with Crippen LogP contribution >= 0.6 is 11.6 Å². The molecule has 0 fully saturated rings. The van der Waals surface area contributed by atoms with Gasteiger partial charge in [-0.15, -0.1) is 0 Å². The Bertz CT molecular complexity index is 514. The molecule has 0 radical (unpaired) electrons. The highest BCUT2D eigenvalue weighted by Gasteiger charge is 2.27. The summed E-state index contributed by atoms with van der Waals surface area (Å²) >= 11 is 5.78. The summed E-state index contributed by atoms with van der Waals surface area (Å²) in [6, 6.07) is 4.16. The molecule has 0 saturated carbocycles. The molecule has 0 atom stereocenters. The third kappa shape index (κ3) is 3.80. The number of aliphatic hydroxyl groups is 2. The molecular formula is C11H16ClNO5S. The SMILES string of the molecule is COc1cc(Cl)ccc1S(=O)(=O)N(CCO)CCO. The Kier molecular flexibility index (Phi) is 6.02. The van der Waals surface area contributed by atoms with Crippen LogP contribution in [0.1, 0.15) is 0 Å². The first-order valence-electron chi connectivity index (χ1n) is 5.52. The molecule has 0 amide bonds. The number of halogens is 1. The molecule has 0 spiro atoms. The van der Waals surface area contributed by atoms with E-state index in [1.807, 2.05) is 0 Å². The fraction of sp³-hybridized carbons (Fsp3) is 0.455. The Morgan fingerprint density at radius 2 is 1.84 bits per heavy atom. The van der Waals surface area contributed by atoms with Crippen LogP contribution in [0.2, 0.25) is 5.02 Å². The molecule has 0 saturated heterocycles. The highest BCUT2D eigenvalue weighted by atomic mass is 35.5. The average Bonchev–Trinajstić information content (AvgIpc) is 2.38. The molecule has 2 N–H and O–H groups in total. The van der Waals surface area contributed by atoms with Crippen LogP contribution in [0, 0.1) is 0 Å². The molecule has 6 nitrogen and oxygen atoms in total. The average molecular weight is 310 g/mol. The van der Waals surface area contributed by atoms with Crippen LogP contribution in [-0.4, -0.2) is 56.3 Å². The van der Waals surface area contributed by atoms with Gasteiger partial charge in [0.2, 0.25) is 10.0 Å². The van der Waals surface area contributed by atoms with Gasteiger partial charge in [0.25, 0.3) is 0 Å². The van der Waals surface area contributed by atoms with Crippen LogP contribution in [0.3, 0.4) is 0 Å². The molecule has 0 aliphatic heterocycles.